The van der Waals surface area contributed by atoms with E-state index in [1.165, 1.54) is 4.90 Å². The molecule has 25 heavy (non-hydrogen) atoms. The zero-order chi connectivity index (χ0) is 17.8. The SMILES string of the molecule is CCCOc1cccnc1C(=O)N1Cc2ccccc2C(C(=O)O)C1. The second-order valence-electron chi connectivity index (χ2n) is 5.97. The average Bonchev–Trinajstić information content (AvgIpc) is 2.65. The van der Waals surface area contributed by atoms with Gasteiger partial charge in [-0.25, -0.2) is 4.98 Å². The lowest BCUT2D eigenvalue weighted by molar-refractivity contribution is -0.139. The Hall–Kier alpha value is -2.89. The van der Waals surface area contributed by atoms with Crippen molar-refractivity contribution in [1.82, 2.24) is 9.88 Å². The number of ether oxygens (including phenoxy) is 1. The van der Waals surface area contributed by atoms with E-state index in [4.69, 9.17) is 4.74 Å². The van der Waals surface area contributed by atoms with E-state index in [0.29, 0.717) is 18.9 Å². The number of carboxylic acid groups (broad SMARTS) is 1. The van der Waals surface area contributed by atoms with Crippen LogP contribution >= 0.6 is 0 Å². The Kier molecular flexibility index (Phi) is 4.97. The first-order valence-electron chi connectivity index (χ1n) is 8.29. The lowest BCUT2D eigenvalue weighted by Gasteiger charge is -2.32. The number of nitrogens with zero attached hydrogens (tertiary/aromatic N) is 2. The number of carboxylic acids is 1. The van der Waals surface area contributed by atoms with Crippen LogP contribution < -0.4 is 4.74 Å². The van der Waals surface area contributed by atoms with Gasteiger partial charge in [0.05, 0.1) is 12.5 Å². The van der Waals surface area contributed by atoms with Crippen molar-refractivity contribution < 1.29 is 19.4 Å². The third-order valence-corrected chi connectivity index (χ3v) is 4.21. The molecule has 1 N–H and O–H groups in total. The number of fused-ring (bicyclic) bond motifs is 1. The second kappa shape index (κ2) is 7.34. The molecule has 0 spiro atoms. The molecule has 6 heteroatoms. The van der Waals surface area contributed by atoms with Crippen LogP contribution in [0.25, 0.3) is 0 Å². The number of rotatable bonds is 5. The molecule has 2 aromatic rings. The summed E-state index contributed by atoms with van der Waals surface area (Å²) in [6.45, 7) is 2.96. The number of aromatic nitrogens is 1. The van der Waals surface area contributed by atoms with Crippen LogP contribution in [0.5, 0.6) is 5.75 Å². The van der Waals surface area contributed by atoms with Crippen molar-refractivity contribution in [2.45, 2.75) is 25.8 Å². The molecule has 130 valence electrons. The summed E-state index contributed by atoms with van der Waals surface area (Å²) < 4.78 is 5.62. The van der Waals surface area contributed by atoms with Gasteiger partial charge in [-0.1, -0.05) is 31.2 Å². The highest BCUT2D eigenvalue weighted by Crippen LogP contribution is 2.30. The third kappa shape index (κ3) is 3.47. The van der Waals surface area contributed by atoms with Gasteiger partial charge in [0.1, 0.15) is 0 Å². The monoisotopic (exact) mass is 340 g/mol. The number of pyridine rings is 1. The Morgan fingerprint density at radius 1 is 1.28 bits per heavy atom. The fourth-order valence-electron chi connectivity index (χ4n) is 3.00. The molecule has 0 radical (unpaired) electrons. The Morgan fingerprint density at radius 2 is 2.08 bits per heavy atom. The fourth-order valence-corrected chi connectivity index (χ4v) is 3.00. The maximum absolute atomic E-state index is 13.0. The Balaban J connectivity index is 1.90. The summed E-state index contributed by atoms with van der Waals surface area (Å²) in [7, 11) is 0. The van der Waals surface area contributed by atoms with Crippen LogP contribution in [0.3, 0.4) is 0 Å². The van der Waals surface area contributed by atoms with Crippen LogP contribution in [0.15, 0.2) is 42.6 Å². The Morgan fingerprint density at radius 3 is 2.84 bits per heavy atom. The number of aliphatic carboxylic acids is 1. The standard InChI is InChI=1S/C19H20N2O4/c1-2-10-25-16-8-5-9-20-17(16)18(22)21-11-13-6-3-4-7-14(13)15(12-21)19(23)24/h3-9,15H,2,10-12H2,1H3,(H,23,24). The van der Waals surface area contributed by atoms with Crippen LogP contribution in [0.1, 0.15) is 40.9 Å². The van der Waals surface area contributed by atoms with E-state index in [1.807, 2.05) is 31.2 Å². The van der Waals surface area contributed by atoms with Gasteiger partial charge in [-0.15, -0.1) is 0 Å². The van der Waals surface area contributed by atoms with Crippen LogP contribution in [0, 0.1) is 0 Å². The first-order chi connectivity index (χ1) is 12.1. The fraction of sp³-hybridized carbons (Fsp3) is 0.316. The van der Waals surface area contributed by atoms with E-state index < -0.39 is 11.9 Å². The van der Waals surface area contributed by atoms with E-state index in [1.54, 1.807) is 18.3 Å². The van der Waals surface area contributed by atoms with Crippen molar-refractivity contribution >= 4 is 11.9 Å². The van der Waals surface area contributed by atoms with Gasteiger partial charge >= 0.3 is 5.97 Å². The summed E-state index contributed by atoms with van der Waals surface area (Å²) in [6, 6.07) is 10.8. The van der Waals surface area contributed by atoms with Crippen LogP contribution in [-0.2, 0) is 11.3 Å². The van der Waals surface area contributed by atoms with E-state index in [2.05, 4.69) is 4.98 Å². The van der Waals surface area contributed by atoms with E-state index in [-0.39, 0.29) is 18.1 Å². The van der Waals surface area contributed by atoms with Gasteiger partial charge in [0.25, 0.3) is 5.91 Å². The smallest absolute Gasteiger partial charge is 0.312 e. The van der Waals surface area contributed by atoms with Crippen LogP contribution in [0.4, 0.5) is 0 Å². The normalized spacial score (nSPS) is 16.2. The van der Waals surface area contributed by atoms with Gasteiger partial charge in [-0.2, -0.15) is 0 Å². The van der Waals surface area contributed by atoms with Gasteiger partial charge in [-0.05, 0) is 29.7 Å². The van der Waals surface area contributed by atoms with Gasteiger partial charge in [0.15, 0.2) is 11.4 Å². The molecule has 0 fully saturated rings. The van der Waals surface area contributed by atoms with Gasteiger partial charge in [0.2, 0.25) is 0 Å². The van der Waals surface area contributed by atoms with Crippen molar-refractivity contribution in [3.63, 3.8) is 0 Å². The largest absolute Gasteiger partial charge is 0.491 e. The van der Waals surface area contributed by atoms with E-state index in [9.17, 15) is 14.7 Å². The van der Waals surface area contributed by atoms with E-state index >= 15 is 0 Å². The third-order valence-electron chi connectivity index (χ3n) is 4.21. The minimum Gasteiger partial charge on any atom is -0.491 e. The molecule has 1 unspecified atom stereocenters. The van der Waals surface area contributed by atoms with Gasteiger partial charge < -0.3 is 14.7 Å². The topological polar surface area (TPSA) is 79.7 Å². The molecule has 1 aliphatic rings. The number of carbonyl (C=O) groups excluding carboxylic acids is 1. The molecule has 0 aliphatic carbocycles. The summed E-state index contributed by atoms with van der Waals surface area (Å²) in [5, 5.41) is 9.55. The highest BCUT2D eigenvalue weighted by Gasteiger charge is 2.33. The van der Waals surface area contributed by atoms with Crippen molar-refractivity contribution in [2.24, 2.45) is 0 Å². The quantitative estimate of drug-likeness (QED) is 0.905. The van der Waals surface area contributed by atoms with Gasteiger partial charge in [0, 0.05) is 19.3 Å². The summed E-state index contributed by atoms with van der Waals surface area (Å²) >= 11 is 0. The molecule has 1 aromatic carbocycles. The first-order valence-corrected chi connectivity index (χ1v) is 8.29. The Bertz CT molecular complexity index is 790. The lowest BCUT2D eigenvalue weighted by Crippen LogP contribution is -2.41. The first kappa shape index (κ1) is 17.0. The maximum Gasteiger partial charge on any atom is 0.312 e. The molecule has 2 heterocycles. The molecule has 6 nitrogen and oxygen atoms in total. The minimum atomic E-state index is -0.937. The molecule has 1 atom stereocenters. The predicted octanol–water partition coefficient (Wildman–Crippen LogP) is 2.69. The number of amides is 1. The van der Waals surface area contributed by atoms with Crippen LogP contribution in [-0.4, -0.2) is 40.0 Å². The van der Waals surface area contributed by atoms with Crippen molar-refractivity contribution in [3.8, 4) is 5.75 Å². The number of carbonyl (C=O) groups is 2. The molecule has 1 aliphatic heterocycles. The Labute approximate surface area is 146 Å². The highest BCUT2D eigenvalue weighted by atomic mass is 16.5. The summed E-state index contributed by atoms with van der Waals surface area (Å²) in [6.07, 6.45) is 2.36. The van der Waals surface area contributed by atoms with Crippen molar-refractivity contribution in [2.75, 3.05) is 13.2 Å². The molecule has 0 saturated heterocycles. The number of hydrogen-bond donors (Lipinski definition) is 1. The minimum absolute atomic E-state index is 0.120. The molecule has 3 rings (SSSR count). The maximum atomic E-state index is 13.0. The number of hydrogen-bond acceptors (Lipinski definition) is 4. The van der Waals surface area contributed by atoms with Gasteiger partial charge in [-0.3, -0.25) is 9.59 Å². The second-order valence-corrected chi connectivity index (χ2v) is 5.97. The molecule has 0 bridgehead atoms. The lowest BCUT2D eigenvalue weighted by atomic mass is 9.89. The highest BCUT2D eigenvalue weighted by molar-refractivity contribution is 5.95. The summed E-state index contributed by atoms with van der Waals surface area (Å²) in [4.78, 5) is 30.3. The molecular weight excluding hydrogens is 320 g/mol. The predicted molar refractivity (Wildman–Crippen MR) is 91.6 cm³/mol. The van der Waals surface area contributed by atoms with E-state index in [0.717, 1.165) is 17.5 Å². The average molecular weight is 340 g/mol. The molecule has 0 saturated carbocycles. The van der Waals surface area contributed by atoms with Crippen LogP contribution in [0.2, 0.25) is 0 Å². The zero-order valence-electron chi connectivity index (χ0n) is 14.0. The number of benzene rings is 1. The summed E-state index contributed by atoms with van der Waals surface area (Å²) in [5.41, 5.74) is 1.84. The molecular formula is C19H20N2O4. The molecule has 1 aromatic heterocycles. The van der Waals surface area contributed by atoms with Crippen molar-refractivity contribution in [3.05, 3.63) is 59.4 Å². The van der Waals surface area contributed by atoms with Crippen molar-refractivity contribution in [1.29, 1.82) is 0 Å². The molecule has 1 amide bonds. The zero-order valence-corrected chi connectivity index (χ0v) is 14.0. The summed E-state index contributed by atoms with van der Waals surface area (Å²) in [5.74, 6) is -1.56.